The maximum absolute atomic E-state index is 4.36. The SMILES string of the molecule is CC(C)CCC(C)N[C@@H](C)c1ccccn1. The van der Waals surface area contributed by atoms with Crippen LogP contribution in [-0.2, 0) is 0 Å². The molecule has 2 heteroatoms. The third-order valence-electron chi connectivity index (χ3n) is 2.84. The summed E-state index contributed by atoms with van der Waals surface area (Å²) in [5.41, 5.74) is 1.12. The molecule has 1 N–H and O–H groups in total. The van der Waals surface area contributed by atoms with E-state index in [9.17, 15) is 0 Å². The second kappa shape index (κ2) is 6.64. The first kappa shape index (κ1) is 13.2. The van der Waals surface area contributed by atoms with Gasteiger partial charge >= 0.3 is 0 Å². The molecule has 0 aliphatic rings. The van der Waals surface area contributed by atoms with E-state index in [0.717, 1.165) is 11.6 Å². The van der Waals surface area contributed by atoms with E-state index in [0.29, 0.717) is 12.1 Å². The van der Waals surface area contributed by atoms with Gasteiger partial charge in [0.1, 0.15) is 0 Å². The predicted molar refractivity (Wildman–Crippen MR) is 69.3 cm³/mol. The van der Waals surface area contributed by atoms with E-state index in [4.69, 9.17) is 0 Å². The number of hydrogen-bond acceptors (Lipinski definition) is 2. The molecule has 1 unspecified atom stereocenters. The van der Waals surface area contributed by atoms with Gasteiger partial charge in [-0.3, -0.25) is 4.98 Å². The van der Waals surface area contributed by atoms with Gasteiger partial charge < -0.3 is 5.32 Å². The average Bonchev–Trinajstić information content (AvgIpc) is 2.27. The van der Waals surface area contributed by atoms with Gasteiger partial charge in [0.05, 0.1) is 5.69 Å². The van der Waals surface area contributed by atoms with Crippen molar-refractivity contribution in [3.63, 3.8) is 0 Å². The lowest BCUT2D eigenvalue weighted by Crippen LogP contribution is -2.29. The molecule has 2 nitrogen and oxygen atoms in total. The topological polar surface area (TPSA) is 24.9 Å². The molecule has 0 spiro atoms. The molecule has 1 aromatic heterocycles. The van der Waals surface area contributed by atoms with Gasteiger partial charge in [0.2, 0.25) is 0 Å². The third-order valence-corrected chi connectivity index (χ3v) is 2.84. The van der Waals surface area contributed by atoms with Crippen molar-refractivity contribution in [2.45, 2.75) is 52.6 Å². The fourth-order valence-corrected chi connectivity index (χ4v) is 1.81. The monoisotopic (exact) mass is 220 g/mol. The summed E-state index contributed by atoms with van der Waals surface area (Å²) in [5.74, 6) is 0.786. The van der Waals surface area contributed by atoms with Gasteiger partial charge in [-0.05, 0) is 44.7 Å². The molecule has 0 saturated carbocycles. The number of nitrogens with zero attached hydrogens (tertiary/aromatic N) is 1. The average molecular weight is 220 g/mol. The number of pyridine rings is 1. The summed E-state index contributed by atoms with van der Waals surface area (Å²) in [6.45, 7) is 8.97. The van der Waals surface area contributed by atoms with E-state index in [1.165, 1.54) is 12.8 Å². The van der Waals surface area contributed by atoms with Crippen molar-refractivity contribution in [2.24, 2.45) is 5.92 Å². The smallest absolute Gasteiger partial charge is 0.0570 e. The van der Waals surface area contributed by atoms with Gasteiger partial charge in [-0.25, -0.2) is 0 Å². The molecule has 1 aromatic rings. The molecule has 0 aliphatic carbocycles. The normalized spacial score (nSPS) is 15.1. The van der Waals surface area contributed by atoms with Crippen LogP contribution in [0.5, 0.6) is 0 Å². The van der Waals surface area contributed by atoms with Gasteiger partial charge in [-0.15, -0.1) is 0 Å². The Morgan fingerprint density at radius 3 is 2.44 bits per heavy atom. The first-order chi connectivity index (χ1) is 7.59. The van der Waals surface area contributed by atoms with E-state index in [1.807, 2.05) is 18.3 Å². The van der Waals surface area contributed by atoms with Crippen LogP contribution in [0.15, 0.2) is 24.4 Å². The van der Waals surface area contributed by atoms with Crippen molar-refractivity contribution in [1.82, 2.24) is 10.3 Å². The predicted octanol–water partition coefficient (Wildman–Crippen LogP) is 3.56. The maximum Gasteiger partial charge on any atom is 0.0570 e. The third kappa shape index (κ3) is 4.75. The van der Waals surface area contributed by atoms with Crippen molar-refractivity contribution in [3.8, 4) is 0 Å². The number of aromatic nitrogens is 1. The minimum absolute atomic E-state index is 0.336. The first-order valence-corrected chi connectivity index (χ1v) is 6.26. The van der Waals surface area contributed by atoms with Crippen molar-refractivity contribution in [3.05, 3.63) is 30.1 Å². The molecule has 0 aliphatic heterocycles. The molecule has 0 fully saturated rings. The second-order valence-electron chi connectivity index (χ2n) is 5.02. The summed E-state index contributed by atoms with van der Waals surface area (Å²) in [4.78, 5) is 4.36. The van der Waals surface area contributed by atoms with Gasteiger partial charge in [-0.1, -0.05) is 19.9 Å². The number of hydrogen-bond donors (Lipinski definition) is 1. The Balaban J connectivity index is 2.36. The zero-order valence-corrected chi connectivity index (χ0v) is 10.9. The van der Waals surface area contributed by atoms with Gasteiger partial charge in [0, 0.05) is 18.3 Å². The molecular weight excluding hydrogens is 196 g/mol. The molecule has 16 heavy (non-hydrogen) atoms. The molecule has 1 heterocycles. The fourth-order valence-electron chi connectivity index (χ4n) is 1.81. The molecule has 0 bridgehead atoms. The van der Waals surface area contributed by atoms with Crippen LogP contribution < -0.4 is 5.32 Å². The minimum Gasteiger partial charge on any atom is -0.306 e. The van der Waals surface area contributed by atoms with E-state index in [1.54, 1.807) is 0 Å². The quantitative estimate of drug-likeness (QED) is 0.793. The maximum atomic E-state index is 4.36. The largest absolute Gasteiger partial charge is 0.306 e. The summed E-state index contributed by atoms with van der Waals surface area (Å²) in [5, 5.41) is 3.59. The van der Waals surface area contributed by atoms with E-state index < -0.39 is 0 Å². The van der Waals surface area contributed by atoms with Gasteiger partial charge in [0.25, 0.3) is 0 Å². The lowest BCUT2D eigenvalue weighted by molar-refractivity contribution is 0.413. The van der Waals surface area contributed by atoms with Crippen molar-refractivity contribution >= 4 is 0 Å². The molecule has 1 rings (SSSR count). The van der Waals surface area contributed by atoms with Crippen LogP contribution in [0.4, 0.5) is 0 Å². The molecule has 90 valence electrons. The Morgan fingerprint density at radius 1 is 1.12 bits per heavy atom. The Hall–Kier alpha value is -0.890. The van der Waals surface area contributed by atoms with Crippen LogP contribution >= 0.6 is 0 Å². The molecule has 0 radical (unpaired) electrons. The highest BCUT2D eigenvalue weighted by molar-refractivity contribution is 5.07. The molecule has 0 saturated heterocycles. The van der Waals surface area contributed by atoms with Crippen molar-refractivity contribution < 1.29 is 0 Å². The number of nitrogens with one attached hydrogen (secondary N) is 1. The van der Waals surface area contributed by atoms with Crippen LogP contribution in [0, 0.1) is 5.92 Å². The van der Waals surface area contributed by atoms with E-state index in [-0.39, 0.29) is 0 Å². The van der Waals surface area contributed by atoms with Crippen LogP contribution in [0.25, 0.3) is 0 Å². The zero-order valence-electron chi connectivity index (χ0n) is 10.9. The highest BCUT2D eigenvalue weighted by atomic mass is 15.0. The van der Waals surface area contributed by atoms with Crippen LogP contribution in [0.1, 0.15) is 52.3 Å². The summed E-state index contributed by atoms with van der Waals surface area (Å²) in [6.07, 6.45) is 4.37. The lowest BCUT2D eigenvalue weighted by Gasteiger charge is -2.20. The van der Waals surface area contributed by atoms with Crippen LogP contribution in [-0.4, -0.2) is 11.0 Å². The molecule has 0 aromatic carbocycles. The molecular formula is C14H24N2. The van der Waals surface area contributed by atoms with E-state index >= 15 is 0 Å². The van der Waals surface area contributed by atoms with Crippen molar-refractivity contribution in [2.75, 3.05) is 0 Å². The summed E-state index contributed by atoms with van der Waals surface area (Å²) in [6, 6.07) is 6.97. The fraction of sp³-hybridized carbons (Fsp3) is 0.643. The Bertz CT molecular complexity index is 282. The van der Waals surface area contributed by atoms with Crippen molar-refractivity contribution in [1.29, 1.82) is 0 Å². The second-order valence-corrected chi connectivity index (χ2v) is 5.02. The number of rotatable bonds is 6. The minimum atomic E-state index is 0.336. The lowest BCUT2D eigenvalue weighted by atomic mass is 10.0. The van der Waals surface area contributed by atoms with Gasteiger partial charge in [0.15, 0.2) is 0 Å². The van der Waals surface area contributed by atoms with Gasteiger partial charge in [-0.2, -0.15) is 0 Å². The summed E-state index contributed by atoms with van der Waals surface area (Å²) in [7, 11) is 0. The summed E-state index contributed by atoms with van der Waals surface area (Å²) < 4.78 is 0. The zero-order chi connectivity index (χ0) is 12.0. The van der Waals surface area contributed by atoms with E-state index in [2.05, 4.69) is 44.1 Å². The highest BCUT2D eigenvalue weighted by Gasteiger charge is 2.10. The molecule has 2 atom stereocenters. The first-order valence-electron chi connectivity index (χ1n) is 6.26. The molecule has 0 amide bonds. The Morgan fingerprint density at radius 2 is 1.88 bits per heavy atom. The standard InChI is InChI=1S/C14H24N2/c1-11(2)8-9-12(3)16-13(4)14-7-5-6-10-15-14/h5-7,10-13,16H,8-9H2,1-4H3/t12?,13-/m0/s1. The van der Waals surface area contributed by atoms with Crippen LogP contribution in [0.2, 0.25) is 0 Å². The Labute approximate surface area is 99.5 Å². The Kier molecular flexibility index (Phi) is 5.47. The highest BCUT2D eigenvalue weighted by Crippen LogP contribution is 2.12. The van der Waals surface area contributed by atoms with Crippen LogP contribution in [0.3, 0.4) is 0 Å². The summed E-state index contributed by atoms with van der Waals surface area (Å²) >= 11 is 0.